The topological polar surface area (TPSA) is 73.3 Å². The molecule has 2 fully saturated rings. The summed E-state index contributed by atoms with van der Waals surface area (Å²) in [7, 11) is 0. The Bertz CT molecular complexity index is 1040. The van der Waals surface area contributed by atoms with E-state index in [-0.39, 0.29) is 11.6 Å². The Hall–Kier alpha value is -2.80. The van der Waals surface area contributed by atoms with Gasteiger partial charge in [-0.05, 0) is 12.8 Å². The van der Waals surface area contributed by atoms with Crippen molar-refractivity contribution in [3.05, 3.63) is 34.9 Å². The second-order valence-electron chi connectivity index (χ2n) is 7.01. The fourth-order valence-corrected chi connectivity index (χ4v) is 4.22. The molecule has 1 saturated carbocycles. The lowest BCUT2D eigenvalue weighted by Crippen LogP contribution is -2.47. The zero-order chi connectivity index (χ0) is 19.3. The molecule has 4 heterocycles. The van der Waals surface area contributed by atoms with Crippen molar-refractivity contribution in [3.63, 3.8) is 0 Å². The van der Waals surface area contributed by atoms with Gasteiger partial charge in [0.2, 0.25) is 0 Å². The number of nitriles is 1. The van der Waals surface area contributed by atoms with Crippen molar-refractivity contribution in [1.29, 1.82) is 5.26 Å². The van der Waals surface area contributed by atoms with Gasteiger partial charge in [-0.2, -0.15) is 10.2 Å². The van der Waals surface area contributed by atoms with Crippen LogP contribution in [0, 0.1) is 11.3 Å². The third-order valence-electron chi connectivity index (χ3n) is 5.17. The van der Waals surface area contributed by atoms with Gasteiger partial charge < -0.3 is 9.80 Å². The van der Waals surface area contributed by atoms with Crippen molar-refractivity contribution in [2.75, 3.05) is 36.0 Å². The first-order valence-electron chi connectivity index (χ1n) is 9.16. The molecule has 0 aromatic carbocycles. The second-order valence-corrected chi connectivity index (χ2v) is 7.88. The molecule has 0 amide bonds. The number of rotatable bonds is 4. The average Bonchev–Trinajstić information content (AvgIpc) is 3.37. The van der Waals surface area contributed by atoms with E-state index < -0.39 is 6.43 Å². The molecular formula is C18H17F2N7S. The van der Waals surface area contributed by atoms with Crippen molar-refractivity contribution in [2.45, 2.75) is 25.2 Å². The van der Waals surface area contributed by atoms with E-state index >= 15 is 0 Å². The number of thiazole rings is 1. The summed E-state index contributed by atoms with van der Waals surface area (Å²) >= 11 is 1.49. The van der Waals surface area contributed by atoms with Crippen LogP contribution in [0.1, 0.15) is 42.4 Å². The first kappa shape index (κ1) is 17.3. The highest BCUT2D eigenvalue weighted by Crippen LogP contribution is 2.39. The van der Waals surface area contributed by atoms with Crippen LogP contribution in [0.25, 0.3) is 4.96 Å². The fourth-order valence-electron chi connectivity index (χ4n) is 3.52. The molecule has 7 nitrogen and oxygen atoms in total. The number of aromatic nitrogens is 4. The number of piperazine rings is 1. The number of hydrogen-bond acceptors (Lipinski definition) is 7. The number of fused-ring (bicyclic) bond motifs is 1. The van der Waals surface area contributed by atoms with E-state index in [2.05, 4.69) is 25.9 Å². The van der Waals surface area contributed by atoms with Crippen molar-refractivity contribution in [1.82, 2.24) is 19.4 Å². The van der Waals surface area contributed by atoms with Crippen LogP contribution in [0.3, 0.4) is 0 Å². The summed E-state index contributed by atoms with van der Waals surface area (Å²) in [5.41, 5.74) is 0.332. The number of hydrogen-bond donors (Lipinski definition) is 0. The van der Waals surface area contributed by atoms with Gasteiger partial charge in [0, 0.05) is 49.7 Å². The van der Waals surface area contributed by atoms with Crippen LogP contribution in [0.5, 0.6) is 0 Å². The van der Waals surface area contributed by atoms with Crippen molar-refractivity contribution in [2.24, 2.45) is 0 Å². The largest absolute Gasteiger partial charge is 0.353 e. The predicted octanol–water partition coefficient (Wildman–Crippen LogP) is 3.20. The first-order valence-corrected chi connectivity index (χ1v) is 10.0. The van der Waals surface area contributed by atoms with E-state index in [1.165, 1.54) is 17.4 Å². The molecule has 0 radical (unpaired) electrons. The minimum atomic E-state index is -2.60. The van der Waals surface area contributed by atoms with E-state index in [1.807, 2.05) is 16.5 Å². The van der Waals surface area contributed by atoms with Crippen LogP contribution in [0.4, 0.5) is 20.4 Å². The van der Waals surface area contributed by atoms with Crippen molar-refractivity contribution < 1.29 is 8.78 Å². The minimum absolute atomic E-state index is 0.199. The summed E-state index contributed by atoms with van der Waals surface area (Å²) < 4.78 is 28.3. The summed E-state index contributed by atoms with van der Waals surface area (Å²) in [4.78, 5) is 18.1. The highest BCUT2D eigenvalue weighted by molar-refractivity contribution is 7.15. The molecule has 2 aliphatic rings. The monoisotopic (exact) mass is 401 g/mol. The Labute approximate surface area is 163 Å². The number of imidazole rings is 1. The number of nitrogens with zero attached hydrogens (tertiary/aromatic N) is 7. The van der Waals surface area contributed by atoms with Gasteiger partial charge in [0.1, 0.15) is 23.4 Å². The highest BCUT2D eigenvalue weighted by atomic mass is 32.1. The van der Waals surface area contributed by atoms with Crippen LogP contribution in [0.15, 0.2) is 17.6 Å². The molecule has 1 aliphatic heterocycles. The molecule has 144 valence electrons. The van der Waals surface area contributed by atoms with E-state index in [1.54, 1.807) is 4.40 Å². The molecular weight excluding hydrogens is 384 g/mol. The fraction of sp³-hybridized carbons (Fsp3) is 0.444. The maximum Gasteiger partial charge on any atom is 0.280 e. The maximum atomic E-state index is 13.3. The Morgan fingerprint density at radius 1 is 1.11 bits per heavy atom. The van der Waals surface area contributed by atoms with Crippen molar-refractivity contribution >= 4 is 27.9 Å². The lowest BCUT2D eigenvalue weighted by atomic mass is 10.2. The van der Waals surface area contributed by atoms with Crippen LogP contribution in [-0.2, 0) is 0 Å². The summed E-state index contributed by atoms with van der Waals surface area (Å²) in [6.07, 6.45) is 1.18. The quantitative estimate of drug-likeness (QED) is 0.669. The zero-order valence-electron chi connectivity index (χ0n) is 14.9. The zero-order valence-corrected chi connectivity index (χ0v) is 15.7. The standard InChI is InChI=1S/C18H17F2N7S/c19-15(20)12-9-14(23-16(22-12)11-1-2-11)25-3-5-26(6-4-25)17-13(10-21)27-7-8-28-18(27)24-17/h7-9,11,15H,1-6H2. The molecule has 28 heavy (non-hydrogen) atoms. The van der Waals surface area contributed by atoms with Crippen molar-refractivity contribution in [3.8, 4) is 6.07 Å². The van der Waals surface area contributed by atoms with Gasteiger partial charge in [0.25, 0.3) is 6.43 Å². The lowest BCUT2D eigenvalue weighted by molar-refractivity contribution is 0.145. The molecule has 10 heteroatoms. The van der Waals surface area contributed by atoms with Gasteiger partial charge in [0.15, 0.2) is 16.5 Å². The van der Waals surface area contributed by atoms with Gasteiger partial charge in [0.05, 0.1) is 0 Å². The minimum Gasteiger partial charge on any atom is -0.353 e. The molecule has 0 spiro atoms. The SMILES string of the molecule is N#Cc1c(N2CCN(c3cc(C(F)F)nc(C4CC4)n3)CC2)nc2sccn12. The van der Waals surface area contributed by atoms with Crippen LogP contribution >= 0.6 is 11.3 Å². The summed E-state index contributed by atoms with van der Waals surface area (Å²) in [5.74, 6) is 2.01. The number of halogens is 2. The summed E-state index contributed by atoms with van der Waals surface area (Å²) in [6, 6.07) is 3.64. The first-order chi connectivity index (χ1) is 13.6. The van der Waals surface area contributed by atoms with Crippen LogP contribution < -0.4 is 9.80 Å². The van der Waals surface area contributed by atoms with Gasteiger partial charge in [-0.3, -0.25) is 4.40 Å². The normalized spacial score (nSPS) is 17.5. The highest BCUT2D eigenvalue weighted by Gasteiger charge is 2.30. The van der Waals surface area contributed by atoms with Gasteiger partial charge in [-0.15, -0.1) is 11.3 Å². The van der Waals surface area contributed by atoms with Gasteiger partial charge in [-0.25, -0.2) is 18.7 Å². The van der Waals surface area contributed by atoms with Gasteiger partial charge >= 0.3 is 0 Å². The molecule has 1 aliphatic carbocycles. The molecule has 3 aromatic heterocycles. The molecule has 0 atom stereocenters. The maximum absolute atomic E-state index is 13.3. The van der Waals surface area contributed by atoms with E-state index in [4.69, 9.17) is 0 Å². The number of anilines is 2. The average molecular weight is 401 g/mol. The Morgan fingerprint density at radius 3 is 2.54 bits per heavy atom. The van der Waals surface area contributed by atoms with E-state index in [0.29, 0.717) is 49.3 Å². The second kappa shape index (κ2) is 6.67. The number of alkyl halides is 2. The third-order valence-corrected chi connectivity index (χ3v) is 5.93. The predicted molar refractivity (Wildman–Crippen MR) is 101 cm³/mol. The Morgan fingerprint density at radius 2 is 1.86 bits per heavy atom. The lowest BCUT2D eigenvalue weighted by Gasteiger charge is -2.35. The summed E-state index contributed by atoms with van der Waals surface area (Å²) in [5, 5.41) is 11.4. The molecule has 5 rings (SSSR count). The third kappa shape index (κ3) is 2.96. The molecule has 3 aromatic rings. The van der Waals surface area contributed by atoms with E-state index in [0.717, 1.165) is 17.8 Å². The van der Waals surface area contributed by atoms with Crippen LogP contribution in [-0.4, -0.2) is 45.5 Å². The molecule has 0 bridgehead atoms. The Balaban J connectivity index is 1.37. The smallest absolute Gasteiger partial charge is 0.280 e. The van der Waals surface area contributed by atoms with Gasteiger partial charge in [-0.1, -0.05) is 0 Å². The van der Waals surface area contributed by atoms with E-state index in [9.17, 15) is 14.0 Å². The molecule has 1 saturated heterocycles. The Kier molecular flexibility index (Phi) is 4.12. The molecule has 0 unspecified atom stereocenters. The van der Waals surface area contributed by atoms with Crippen LogP contribution in [0.2, 0.25) is 0 Å². The summed E-state index contributed by atoms with van der Waals surface area (Å²) in [6.45, 7) is 2.54. The molecule has 0 N–H and O–H groups in total.